The second-order valence-corrected chi connectivity index (χ2v) is 5.63. The molecule has 1 nitrogen and oxygen atoms in total. The molecule has 1 aliphatic carbocycles. The Bertz CT molecular complexity index is 655. The number of fused-ring (bicyclic) bond motifs is 1. The fraction of sp³-hybridized carbons (Fsp3) is 0.200. The first-order chi connectivity index (χ1) is 9.08. The Labute approximate surface area is 118 Å². The summed E-state index contributed by atoms with van der Waals surface area (Å²) < 4.78 is 28.2. The Balaban J connectivity index is 2.16. The summed E-state index contributed by atoms with van der Waals surface area (Å²) in [4.78, 5) is 0. The molecule has 0 bridgehead atoms. The van der Waals surface area contributed by atoms with Crippen LogP contribution in [0.5, 0.6) is 0 Å². The lowest BCUT2D eigenvalue weighted by Gasteiger charge is -2.10. The second-order valence-electron chi connectivity index (χ2n) is 4.78. The number of aryl methyl sites for hydroxylation is 1. The van der Waals surface area contributed by atoms with Gasteiger partial charge < -0.3 is 5.73 Å². The molecule has 0 aliphatic heterocycles. The summed E-state index contributed by atoms with van der Waals surface area (Å²) in [5.41, 5.74) is 8.70. The molecular formula is C15H12BrF2N. The van der Waals surface area contributed by atoms with Crippen LogP contribution in [0.2, 0.25) is 0 Å². The number of rotatable bonds is 1. The zero-order valence-corrected chi connectivity index (χ0v) is 11.7. The standard InChI is InChI=1S/C15H12BrF2N/c16-11-4-5-12(17)14(15(11)18)9-1-3-10-8(7-9)2-6-13(10)19/h1,3-5,7,13H,2,6,19H2. The first-order valence-corrected chi connectivity index (χ1v) is 6.89. The van der Waals surface area contributed by atoms with Crippen molar-refractivity contribution in [3.05, 3.63) is 57.6 Å². The van der Waals surface area contributed by atoms with Gasteiger partial charge in [-0.25, -0.2) is 8.78 Å². The molecule has 0 aromatic heterocycles. The van der Waals surface area contributed by atoms with E-state index in [1.165, 1.54) is 12.1 Å². The summed E-state index contributed by atoms with van der Waals surface area (Å²) in [6.07, 6.45) is 1.75. The molecule has 98 valence electrons. The van der Waals surface area contributed by atoms with E-state index in [1.54, 1.807) is 6.07 Å². The van der Waals surface area contributed by atoms with Gasteiger partial charge in [-0.1, -0.05) is 18.2 Å². The summed E-state index contributed by atoms with van der Waals surface area (Å²) in [7, 11) is 0. The maximum absolute atomic E-state index is 14.1. The summed E-state index contributed by atoms with van der Waals surface area (Å²) in [6.45, 7) is 0. The predicted molar refractivity (Wildman–Crippen MR) is 74.7 cm³/mol. The van der Waals surface area contributed by atoms with Crippen LogP contribution in [0, 0.1) is 11.6 Å². The average Bonchev–Trinajstić information content (AvgIpc) is 2.76. The third-order valence-corrected chi connectivity index (χ3v) is 4.21. The van der Waals surface area contributed by atoms with E-state index in [9.17, 15) is 8.78 Å². The molecular weight excluding hydrogens is 312 g/mol. The predicted octanol–water partition coefficient (Wildman–Crippen LogP) is 4.34. The lowest BCUT2D eigenvalue weighted by molar-refractivity contribution is 0.585. The smallest absolute Gasteiger partial charge is 0.148 e. The SMILES string of the molecule is NC1CCc2cc(-c3c(F)ccc(Br)c3F)ccc21. The topological polar surface area (TPSA) is 26.0 Å². The van der Waals surface area contributed by atoms with Crippen molar-refractivity contribution in [1.29, 1.82) is 0 Å². The average molecular weight is 324 g/mol. The van der Waals surface area contributed by atoms with Gasteiger partial charge in [0.15, 0.2) is 0 Å². The van der Waals surface area contributed by atoms with Crippen LogP contribution in [0.15, 0.2) is 34.8 Å². The lowest BCUT2D eigenvalue weighted by atomic mass is 9.99. The van der Waals surface area contributed by atoms with E-state index in [2.05, 4.69) is 15.9 Å². The fourth-order valence-corrected chi connectivity index (χ4v) is 2.93. The largest absolute Gasteiger partial charge is 0.324 e. The number of nitrogens with two attached hydrogens (primary N) is 1. The van der Waals surface area contributed by atoms with Gasteiger partial charge in [-0.2, -0.15) is 0 Å². The van der Waals surface area contributed by atoms with Crippen LogP contribution in [0.25, 0.3) is 11.1 Å². The Kier molecular flexibility index (Phi) is 3.15. The van der Waals surface area contributed by atoms with Crippen LogP contribution in [-0.4, -0.2) is 0 Å². The third kappa shape index (κ3) is 2.09. The van der Waals surface area contributed by atoms with Crippen LogP contribution < -0.4 is 5.73 Å². The first-order valence-electron chi connectivity index (χ1n) is 6.10. The van der Waals surface area contributed by atoms with Crippen LogP contribution in [0.1, 0.15) is 23.6 Å². The van der Waals surface area contributed by atoms with E-state index in [0.29, 0.717) is 5.56 Å². The van der Waals surface area contributed by atoms with Crippen molar-refractivity contribution in [1.82, 2.24) is 0 Å². The molecule has 2 aromatic carbocycles. The molecule has 0 amide bonds. The molecule has 1 aliphatic rings. The molecule has 0 fully saturated rings. The quantitative estimate of drug-likeness (QED) is 0.776. The van der Waals surface area contributed by atoms with Gasteiger partial charge in [0, 0.05) is 6.04 Å². The highest BCUT2D eigenvalue weighted by molar-refractivity contribution is 9.10. The molecule has 0 heterocycles. The molecule has 1 unspecified atom stereocenters. The van der Waals surface area contributed by atoms with Crippen LogP contribution in [0.3, 0.4) is 0 Å². The maximum Gasteiger partial charge on any atom is 0.148 e. The molecule has 1 atom stereocenters. The van der Waals surface area contributed by atoms with E-state index in [4.69, 9.17) is 5.73 Å². The highest BCUT2D eigenvalue weighted by atomic mass is 79.9. The highest BCUT2D eigenvalue weighted by Crippen LogP contribution is 2.35. The molecule has 0 spiro atoms. The highest BCUT2D eigenvalue weighted by Gasteiger charge is 2.21. The van der Waals surface area contributed by atoms with Gasteiger partial charge >= 0.3 is 0 Å². The normalized spacial score (nSPS) is 17.6. The minimum atomic E-state index is -0.567. The monoisotopic (exact) mass is 323 g/mol. The molecule has 4 heteroatoms. The van der Waals surface area contributed by atoms with Crippen molar-refractivity contribution >= 4 is 15.9 Å². The van der Waals surface area contributed by atoms with E-state index in [1.807, 2.05) is 12.1 Å². The zero-order chi connectivity index (χ0) is 13.6. The summed E-state index contributed by atoms with van der Waals surface area (Å²) in [5.74, 6) is -1.12. The van der Waals surface area contributed by atoms with Crippen molar-refractivity contribution in [3.63, 3.8) is 0 Å². The van der Waals surface area contributed by atoms with Crippen molar-refractivity contribution in [3.8, 4) is 11.1 Å². The van der Waals surface area contributed by atoms with Gasteiger partial charge in [0.1, 0.15) is 11.6 Å². The van der Waals surface area contributed by atoms with Crippen molar-refractivity contribution in [2.75, 3.05) is 0 Å². The van der Waals surface area contributed by atoms with Gasteiger partial charge in [0.2, 0.25) is 0 Å². The second kappa shape index (κ2) is 4.69. The van der Waals surface area contributed by atoms with Crippen molar-refractivity contribution < 1.29 is 8.78 Å². The van der Waals surface area contributed by atoms with E-state index in [-0.39, 0.29) is 16.1 Å². The molecule has 3 rings (SSSR count). The molecule has 0 saturated carbocycles. The summed E-state index contributed by atoms with van der Waals surface area (Å²) >= 11 is 3.09. The zero-order valence-electron chi connectivity index (χ0n) is 10.1. The van der Waals surface area contributed by atoms with Gasteiger partial charge in [0.05, 0.1) is 10.0 Å². The van der Waals surface area contributed by atoms with E-state index >= 15 is 0 Å². The van der Waals surface area contributed by atoms with Gasteiger partial charge in [0.25, 0.3) is 0 Å². The first kappa shape index (κ1) is 12.8. The van der Waals surface area contributed by atoms with Gasteiger partial charge in [-0.05, 0) is 57.6 Å². The molecule has 0 radical (unpaired) electrons. The van der Waals surface area contributed by atoms with Crippen molar-refractivity contribution in [2.45, 2.75) is 18.9 Å². The molecule has 0 saturated heterocycles. The van der Waals surface area contributed by atoms with Crippen LogP contribution in [0.4, 0.5) is 8.78 Å². The lowest BCUT2D eigenvalue weighted by Crippen LogP contribution is -2.04. The van der Waals surface area contributed by atoms with Crippen LogP contribution in [-0.2, 0) is 6.42 Å². The van der Waals surface area contributed by atoms with Crippen LogP contribution >= 0.6 is 15.9 Å². The third-order valence-electron chi connectivity index (χ3n) is 3.60. The maximum atomic E-state index is 14.1. The van der Waals surface area contributed by atoms with E-state index < -0.39 is 11.6 Å². The Hall–Kier alpha value is -1.26. The minimum absolute atomic E-state index is 0.0117. The molecule has 2 aromatic rings. The fourth-order valence-electron chi connectivity index (χ4n) is 2.60. The van der Waals surface area contributed by atoms with Gasteiger partial charge in [-0.3, -0.25) is 0 Å². The van der Waals surface area contributed by atoms with Crippen molar-refractivity contribution in [2.24, 2.45) is 5.73 Å². The van der Waals surface area contributed by atoms with E-state index in [0.717, 1.165) is 24.0 Å². The number of hydrogen-bond acceptors (Lipinski definition) is 1. The van der Waals surface area contributed by atoms with Gasteiger partial charge in [-0.15, -0.1) is 0 Å². The summed E-state index contributed by atoms with van der Waals surface area (Å²) in [6, 6.07) is 8.14. The summed E-state index contributed by atoms with van der Waals surface area (Å²) in [5, 5.41) is 0. The minimum Gasteiger partial charge on any atom is -0.324 e. The number of halogens is 3. The molecule has 2 N–H and O–H groups in total. The number of benzene rings is 2. The number of hydrogen-bond donors (Lipinski definition) is 1. The molecule has 19 heavy (non-hydrogen) atoms. The Morgan fingerprint density at radius 3 is 2.74 bits per heavy atom. The Morgan fingerprint density at radius 1 is 1.16 bits per heavy atom. The Morgan fingerprint density at radius 2 is 1.95 bits per heavy atom.